The van der Waals surface area contributed by atoms with E-state index >= 15 is 0 Å². The molecule has 0 radical (unpaired) electrons. The Morgan fingerprint density at radius 3 is 2.87 bits per heavy atom. The molecule has 0 spiro atoms. The van der Waals surface area contributed by atoms with E-state index in [0.717, 1.165) is 0 Å². The van der Waals surface area contributed by atoms with Crippen LogP contribution >= 0.6 is 0 Å². The molecule has 0 bridgehead atoms. The van der Waals surface area contributed by atoms with Crippen LogP contribution in [0, 0.1) is 10.1 Å². The van der Waals surface area contributed by atoms with Crippen molar-refractivity contribution < 1.29 is 14.8 Å². The van der Waals surface area contributed by atoms with Gasteiger partial charge >= 0.3 is 5.69 Å². The van der Waals surface area contributed by atoms with E-state index in [1.807, 2.05) is 0 Å². The van der Waals surface area contributed by atoms with Crippen molar-refractivity contribution in [3.8, 4) is 5.75 Å². The van der Waals surface area contributed by atoms with Crippen molar-refractivity contribution >= 4 is 5.69 Å². The molecule has 1 aromatic rings. The van der Waals surface area contributed by atoms with Crippen molar-refractivity contribution in [3.63, 3.8) is 0 Å². The van der Waals surface area contributed by atoms with E-state index in [2.05, 4.69) is 6.58 Å². The molecular formula is C10H11NO4. The molecule has 0 unspecified atom stereocenters. The zero-order chi connectivity index (χ0) is 11.3. The van der Waals surface area contributed by atoms with Crippen LogP contribution in [0.25, 0.3) is 0 Å². The Morgan fingerprint density at radius 2 is 2.33 bits per heavy atom. The topological polar surface area (TPSA) is 72.6 Å². The maximum atomic E-state index is 10.7. The van der Waals surface area contributed by atoms with E-state index in [9.17, 15) is 10.1 Å². The maximum Gasteiger partial charge on any atom is 0.311 e. The van der Waals surface area contributed by atoms with Gasteiger partial charge in [-0.15, -0.1) is 0 Å². The van der Waals surface area contributed by atoms with Crippen molar-refractivity contribution in [1.82, 2.24) is 0 Å². The number of ether oxygens (including phenoxy) is 1. The summed E-state index contributed by atoms with van der Waals surface area (Å²) in [6.07, 6.45) is 1.50. The number of nitrogens with zero attached hydrogens (tertiary/aromatic N) is 1. The number of hydrogen-bond donors (Lipinski definition) is 1. The van der Waals surface area contributed by atoms with Crippen LogP contribution in [-0.2, 0) is 6.61 Å². The largest absolute Gasteiger partial charge is 0.483 e. The summed E-state index contributed by atoms with van der Waals surface area (Å²) in [6, 6.07) is 4.33. The number of rotatable bonds is 5. The van der Waals surface area contributed by atoms with Crippen LogP contribution in [-0.4, -0.2) is 16.6 Å². The summed E-state index contributed by atoms with van der Waals surface area (Å²) in [6.45, 7) is 3.42. The third kappa shape index (κ3) is 2.78. The molecule has 0 amide bonds. The zero-order valence-electron chi connectivity index (χ0n) is 8.05. The summed E-state index contributed by atoms with van der Waals surface area (Å²) in [5.74, 6) is 0.178. The summed E-state index contributed by atoms with van der Waals surface area (Å²) in [7, 11) is 0. The fourth-order valence-corrected chi connectivity index (χ4v) is 1.07. The van der Waals surface area contributed by atoms with E-state index in [4.69, 9.17) is 9.84 Å². The van der Waals surface area contributed by atoms with Gasteiger partial charge in [-0.05, 0) is 11.6 Å². The first-order chi connectivity index (χ1) is 7.19. The number of hydrogen-bond acceptors (Lipinski definition) is 4. The maximum absolute atomic E-state index is 10.7. The fourth-order valence-electron chi connectivity index (χ4n) is 1.07. The van der Waals surface area contributed by atoms with Gasteiger partial charge in [0, 0.05) is 6.07 Å². The van der Waals surface area contributed by atoms with Gasteiger partial charge in [0.2, 0.25) is 0 Å². The lowest BCUT2D eigenvalue weighted by atomic mass is 10.2. The Kier molecular flexibility index (Phi) is 3.82. The van der Waals surface area contributed by atoms with Gasteiger partial charge in [0.15, 0.2) is 5.75 Å². The van der Waals surface area contributed by atoms with Crippen LogP contribution in [0.15, 0.2) is 30.9 Å². The number of aliphatic hydroxyl groups is 1. The Labute approximate surface area is 86.8 Å². The Balaban J connectivity index is 3.03. The molecule has 0 saturated carbocycles. The van der Waals surface area contributed by atoms with Gasteiger partial charge in [-0.2, -0.15) is 0 Å². The first kappa shape index (κ1) is 11.2. The average Bonchev–Trinajstić information content (AvgIpc) is 2.26. The van der Waals surface area contributed by atoms with E-state index < -0.39 is 4.92 Å². The zero-order valence-corrected chi connectivity index (χ0v) is 8.05. The molecule has 5 nitrogen and oxygen atoms in total. The predicted molar refractivity (Wildman–Crippen MR) is 54.7 cm³/mol. The second kappa shape index (κ2) is 5.11. The summed E-state index contributed by atoms with van der Waals surface area (Å²) < 4.78 is 5.11. The highest BCUT2D eigenvalue weighted by atomic mass is 16.6. The van der Waals surface area contributed by atoms with E-state index in [1.54, 1.807) is 6.07 Å². The molecule has 0 heterocycles. The van der Waals surface area contributed by atoms with Gasteiger partial charge in [-0.25, -0.2) is 0 Å². The minimum Gasteiger partial charge on any atom is -0.483 e. The number of benzene rings is 1. The van der Waals surface area contributed by atoms with Crippen molar-refractivity contribution in [1.29, 1.82) is 0 Å². The van der Waals surface area contributed by atoms with Crippen molar-refractivity contribution in [2.45, 2.75) is 6.61 Å². The highest BCUT2D eigenvalue weighted by molar-refractivity contribution is 5.48. The first-order valence-electron chi connectivity index (χ1n) is 4.31. The molecule has 0 aliphatic heterocycles. The van der Waals surface area contributed by atoms with Gasteiger partial charge < -0.3 is 9.84 Å². The highest BCUT2D eigenvalue weighted by Gasteiger charge is 2.15. The molecule has 1 N–H and O–H groups in total. The van der Waals surface area contributed by atoms with Gasteiger partial charge in [-0.3, -0.25) is 10.1 Å². The molecule has 0 aromatic heterocycles. The average molecular weight is 209 g/mol. The Bertz CT molecular complexity index is 376. The monoisotopic (exact) mass is 209 g/mol. The normalized spacial score (nSPS) is 9.67. The minimum absolute atomic E-state index is 0.150. The van der Waals surface area contributed by atoms with E-state index in [0.29, 0.717) is 5.56 Å². The molecule has 80 valence electrons. The quantitative estimate of drug-likeness (QED) is 0.454. The van der Waals surface area contributed by atoms with Gasteiger partial charge in [0.05, 0.1) is 11.5 Å². The number of nitro benzene ring substituents is 1. The Morgan fingerprint density at radius 1 is 1.60 bits per heavy atom. The van der Waals surface area contributed by atoms with Crippen LogP contribution in [0.4, 0.5) is 5.69 Å². The van der Waals surface area contributed by atoms with Crippen LogP contribution in [0.2, 0.25) is 0 Å². The second-order valence-electron chi connectivity index (χ2n) is 2.82. The third-order valence-corrected chi connectivity index (χ3v) is 1.76. The highest BCUT2D eigenvalue weighted by Crippen LogP contribution is 2.27. The molecule has 0 saturated heterocycles. The standard InChI is InChI=1S/C10H11NO4/c1-2-5-15-10-4-3-8(7-12)6-9(10)11(13)14/h2-4,6,12H,1,5,7H2. The molecule has 0 fully saturated rings. The van der Waals surface area contributed by atoms with Crippen molar-refractivity contribution in [2.75, 3.05) is 6.61 Å². The van der Waals surface area contributed by atoms with Gasteiger partial charge in [0.25, 0.3) is 0 Å². The first-order valence-corrected chi connectivity index (χ1v) is 4.31. The molecule has 0 aliphatic rings. The van der Waals surface area contributed by atoms with Crippen molar-refractivity contribution in [3.05, 3.63) is 46.5 Å². The number of nitro groups is 1. The fraction of sp³-hybridized carbons (Fsp3) is 0.200. The molecule has 0 atom stereocenters. The van der Waals surface area contributed by atoms with Crippen LogP contribution < -0.4 is 4.74 Å². The van der Waals surface area contributed by atoms with Crippen LogP contribution in [0.5, 0.6) is 5.75 Å². The SMILES string of the molecule is C=CCOc1ccc(CO)cc1[N+](=O)[O-]. The molecule has 5 heteroatoms. The lowest BCUT2D eigenvalue weighted by molar-refractivity contribution is -0.385. The van der Waals surface area contributed by atoms with E-state index in [1.165, 1.54) is 18.2 Å². The van der Waals surface area contributed by atoms with Crippen LogP contribution in [0.3, 0.4) is 0 Å². The van der Waals surface area contributed by atoms with Gasteiger partial charge in [0.1, 0.15) is 6.61 Å². The van der Waals surface area contributed by atoms with E-state index in [-0.39, 0.29) is 24.7 Å². The lowest BCUT2D eigenvalue weighted by Crippen LogP contribution is -1.99. The number of aliphatic hydroxyl groups excluding tert-OH is 1. The molecule has 0 aliphatic carbocycles. The summed E-state index contributed by atoms with van der Waals surface area (Å²) in [4.78, 5) is 10.1. The minimum atomic E-state index is -0.544. The predicted octanol–water partition coefficient (Wildman–Crippen LogP) is 1.65. The second-order valence-corrected chi connectivity index (χ2v) is 2.82. The lowest BCUT2D eigenvalue weighted by Gasteiger charge is -2.05. The summed E-state index contributed by atoms with van der Waals surface area (Å²) in [5.41, 5.74) is 0.330. The molecule has 1 rings (SSSR count). The molecule has 15 heavy (non-hydrogen) atoms. The smallest absolute Gasteiger partial charge is 0.311 e. The molecule has 1 aromatic carbocycles. The summed E-state index contributed by atoms with van der Waals surface area (Å²) >= 11 is 0. The Hall–Kier alpha value is -1.88. The molecular weight excluding hydrogens is 198 g/mol. The third-order valence-electron chi connectivity index (χ3n) is 1.76. The van der Waals surface area contributed by atoms with Crippen molar-refractivity contribution in [2.24, 2.45) is 0 Å². The summed E-state index contributed by atoms with van der Waals surface area (Å²) in [5, 5.41) is 19.5. The van der Waals surface area contributed by atoms with Crippen LogP contribution in [0.1, 0.15) is 5.56 Å². The van der Waals surface area contributed by atoms with Gasteiger partial charge in [-0.1, -0.05) is 18.7 Å².